The predicted octanol–water partition coefficient (Wildman–Crippen LogP) is 6.88. The molecule has 2 unspecified atom stereocenters. The number of unbranched alkanes of at least 4 members (excludes halogenated alkanes) is 13. The van der Waals surface area contributed by atoms with Crippen LogP contribution in [0.1, 0.15) is 121 Å². The normalized spacial score (nSPS) is 21.5. The molecule has 0 saturated carbocycles. The van der Waals surface area contributed by atoms with E-state index < -0.39 is 50.3 Å². The van der Waals surface area contributed by atoms with Crippen molar-refractivity contribution in [2.24, 2.45) is 0 Å². The summed E-state index contributed by atoms with van der Waals surface area (Å²) < 4.78 is 56.5. The summed E-state index contributed by atoms with van der Waals surface area (Å²) in [7, 11) is -4.76. The van der Waals surface area contributed by atoms with Gasteiger partial charge in [0, 0.05) is 6.61 Å². The zero-order valence-corrected chi connectivity index (χ0v) is 33.1. The zero-order chi connectivity index (χ0) is 39.7. The fraction of sp³-hybridized carbons (Fsp3) is 0.667. The fourth-order valence-corrected chi connectivity index (χ4v) is 7.60. The van der Waals surface area contributed by atoms with Crippen molar-refractivity contribution < 1.29 is 47.3 Å². The summed E-state index contributed by atoms with van der Waals surface area (Å²) in [5, 5.41) is 36.1. The summed E-state index contributed by atoms with van der Waals surface area (Å²) >= 11 is 0. The number of aromatic nitrogens is 3. The molecule has 306 valence electrons. The summed E-state index contributed by atoms with van der Waals surface area (Å²) in [6.07, 6.45) is 16.1. The number of fused-ring (bicyclic) bond motifs is 1. The van der Waals surface area contributed by atoms with Gasteiger partial charge >= 0.3 is 7.82 Å². The van der Waals surface area contributed by atoms with Gasteiger partial charge in [-0.05, 0) is 49.2 Å². The molecule has 16 heteroatoms. The van der Waals surface area contributed by atoms with Gasteiger partial charge in [-0.15, -0.1) is 0 Å². The molecule has 5 N–H and O–H groups in total. The lowest BCUT2D eigenvalue weighted by atomic mass is 9.86. The lowest BCUT2D eigenvalue weighted by Gasteiger charge is -2.32. The molecule has 2 aromatic heterocycles. The molecule has 0 aliphatic carbocycles. The molecule has 55 heavy (non-hydrogen) atoms. The number of nitrogens with zero attached hydrogens (tertiary/aromatic N) is 4. The lowest BCUT2D eigenvalue weighted by molar-refractivity contribution is -0.101. The number of halogens is 1. The fourth-order valence-electron chi connectivity index (χ4n) is 6.75. The van der Waals surface area contributed by atoms with Crippen LogP contribution in [0, 0.1) is 17.1 Å². The number of hydrogen-bond acceptors (Lipinski definition) is 12. The van der Waals surface area contributed by atoms with Crippen LogP contribution in [0.5, 0.6) is 0 Å². The van der Waals surface area contributed by atoms with Gasteiger partial charge in [0.1, 0.15) is 35.5 Å². The second-order valence-corrected chi connectivity index (χ2v) is 16.1. The molecule has 0 spiro atoms. The van der Waals surface area contributed by atoms with Crippen LogP contribution >= 0.6 is 7.82 Å². The van der Waals surface area contributed by atoms with Crippen molar-refractivity contribution in [1.82, 2.24) is 14.6 Å². The number of phosphoric ester groups is 1. The van der Waals surface area contributed by atoms with E-state index in [0.717, 1.165) is 25.3 Å². The van der Waals surface area contributed by atoms with Gasteiger partial charge in [-0.3, -0.25) is 9.05 Å². The maximum Gasteiger partial charge on any atom is 0.472 e. The maximum absolute atomic E-state index is 14.0. The van der Waals surface area contributed by atoms with Crippen molar-refractivity contribution in [2.75, 3.05) is 38.8 Å². The van der Waals surface area contributed by atoms with Crippen LogP contribution in [-0.2, 0) is 40.0 Å². The van der Waals surface area contributed by atoms with E-state index in [1.807, 2.05) is 6.07 Å². The van der Waals surface area contributed by atoms with E-state index in [1.165, 1.54) is 107 Å². The second kappa shape index (κ2) is 22.1. The molecule has 0 bridgehead atoms. The lowest BCUT2D eigenvalue weighted by Crippen LogP contribution is -2.49. The largest absolute Gasteiger partial charge is 0.472 e. The van der Waals surface area contributed by atoms with Crippen LogP contribution in [0.15, 0.2) is 36.7 Å². The van der Waals surface area contributed by atoms with Gasteiger partial charge in [-0.25, -0.2) is 18.5 Å². The minimum Gasteiger partial charge on any atom is -0.386 e. The highest BCUT2D eigenvalue weighted by Crippen LogP contribution is 2.47. The van der Waals surface area contributed by atoms with Gasteiger partial charge in [0.2, 0.25) is 0 Å². The van der Waals surface area contributed by atoms with E-state index in [1.54, 1.807) is 6.07 Å². The van der Waals surface area contributed by atoms with Gasteiger partial charge in [0.25, 0.3) is 0 Å². The Hall–Kier alpha value is -3.03. The Labute approximate surface area is 323 Å². The van der Waals surface area contributed by atoms with Crippen LogP contribution in [0.3, 0.4) is 0 Å². The first-order valence-corrected chi connectivity index (χ1v) is 21.0. The third kappa shape index (κ3) is 13.6. The van der Waals surface area contributed by atoms with Gasteiger partial charge in [-0.1, -0.05) is 90.4 Å². The molecule has 3 heterocycles. The standard InChI is InChI=1S/C39H59FN5O9P/c1-3-4-5-6-7-8-9-10-11-12-13-14-15-16-19-50-25-33(51-24-31-20-30(23-41)21-32(40)22-31)26-53-55(48,49)54-27-38(2)37(46)39(47,28-52-38)35-18-17-34-36(42)43-29-44-45(34)35/h17-18,20-22,29,33,37,46-47H,3-16,19,24-28H2,1-2H3,(H,48,49)(H2,42,43,44)/t33-,37+,38+,39?/m0/s1. The van der Waals surface area contributed by atoms with Gasteiger partial charge in [0.05, 0.1) is 50.4 Å². The van der Waals surface area contributed by atoms with Crippen molar-refractivity contribution in [2.45, 2.75) is 134 Å². The zero-order valence-electron chi connectivity index (χ0n) is 32.2. The number of phosphoric acid groups is 1. The van der Waals surface area contributed by atoms with Crippen LogP contribution in [0.2, 0.25) is 0 Å². The molecule has 1 aliphatic rings. The van der Waals surface area contributed by atoms with Crippen LogP contribution in [0.25, 0.3) is 5.52 Å². The smallest absolute Gasteiger partial charge is 0.386 e. The highest BCUT2D eigenvalue weighted by atomic mass is 31.2. The van der Waals surface area contributed by atoms with Crippen LogP contribution in [0.4, 0.5) is 10.2 Å². The number of anilines is 1. The molecule has 5 atom stereocenters. The van der Waals surface area contributed by atoms with Crippen molar-refractivity contribution in [1.29, 1.82) is 5.26 Å². The number of nitriles is 1. The first-order chi connectivity index (χ1) is 26.4. The minimum absolute atomic E-state index is 0.0186. The number of nitrogen functional groups attached to an aromatic ring is 1. The molecular formula is C39H59FN5O9P. The highest BCUT2D eigenvalue weighted by Gasteiger charge is 2.58. The molecule has 1 aliphatic heterocycles. The maximum atomic E-state index is 14.0. The molecule has 1 saturated heterocycles. The van der Waals surface area contributed by atoms with Crippen molar-refractivity contribution in [3.8, 4) is 6.07 Å². The van der Waals surface area contributed by atoms with E-state index in [-0.39, 0.29) is 36.9 Å². The van der Waals surface area contributed by atoms with E-state index >= 15 is 0 Å². The Morgan fingerprint density at radius 3 is 2.35 bits per heavy atom. The molecule has 3 aromatic rings. The summed E-state index contributed by atoms with van der Waals surface area (Å²) in [4.78, 5) is 14.5. The van der Waals surface area contributed by atoms with Crippen LogP contribution < -0.4 is 5.73 Å². The number of benzene rings is 1. The van der Waals surface area contributed by atoms with E-state index in [0.29, 0.717) is 17.7 Å². The number of ether oxygens (including phenoxy) is 3. The number of aliphatic hydroxyl groups excluding tert-OH is 1. The molecule has 0 amide bonds. The molecular weight excluding hydrogens is 732 g/mol. The minimum atomic E-state index is -4.76. The number of nitrogens with two attached hydrogens (primary N) is 1. The SMILES string of the molecule is CCCCCCCCCCCCCCCCOC[C@@H](COP(=O)(O)OC[C@@]1(C)OCC(O)(c2ccc3c(N)ncnn23)[C@@H]1O)OCc1cc(F)cc(C#N)c1. The average molecular weight is 792 g/mol. The first-order valence-electron chi connectivity index (χ1n) is 19.5. The summed E-state index contributed by atoms with van der Waals surface area (Å²) in [6.45, 7) is 2.62. The number of aliphatic hydroxyl groups is 2. The highest BCUT2D eigenvalue weighted by molar-refractivity contribution is 7.47. The topological polar surface area (TPSA) is 204 Å². The summed E-state index contributed by atoms with van der Waals surface area (Å²) in [5.74, 6) is -0.417. The monoisotopic (exact) mass is 791 g/mol. The summed E-state index contributed by atoms with van der Waals surface area (Å²) in [6, 6.07) is 8.87. The first kappa shape index (κ1) is 44.7. The average Bonchev–Trinajstić information content (AvgIpc) is 3.71. The van der Waals surface area contributed by atoms with E-state index in [2.05, 4.69) is 17.0 Å². The summed E-state index contributed by atoms with van der Waals surface area (Å²) in [5.41, 5.74) is 3.46. The predicted molar refractivity (Wildman–Crippen MR) is 204 cm³/mol. The van der Waals surface area contributed by atoms with Crippen molar-refractivity contribution in [3.63, 3.8) is 0 Å². The van der Waals surface area contributed by atoms with Crippen molar-refractivity contribution >= 4 is 19.2 Å². The number of hydrogen-bond donors (Lipinski definition) is 4. The Morgan fingerprint density at radius 2 is 1.69 bits per heavy atom. The van der Waals surface area contributed by atoms with Crippen molar-refractivity contribution in [3.05, 3.63) is 59.3 Å². The molecule has 1 aromatic carbocycles. The molecule has 14 nitrogen and oxygen atoms in total. The second-order valence-electron chi connectivity index (χ2n) is 14.7. The van der Waals surface area contributed by atoms with Crippen LogP contribution in [-0.4, -0.2) is 80.5 Å². The Balaban J connectivity index is 1.22. The third-order valence-electron chi connectivity index (χ3n) is 10.0. The molecule has 1 fully saturated rings. The Kier molecular flexibility index (Phi) is 17.9. The Bertz CT molecular complexity index is 1710. The van der Waals surface area contributed by atoms with Gasteiger partial charge in [0.15, 0.2) is 11.4 Å². The van der Waals surface area contributed by atoms with E-state index in [4.69, 9.17) is 29.0 Å². The molecule has 4 rings (SSSR count). The van der Waals surface area contributed by atoms with Gasteiger partial charge in [-0.2, -0.15) is 10.4 Å². The van der Waals surface area contributed by atoms with Gasteiger partial charge < -0.3 is 35.1 Å². The quantitative estimate of drug-likeness (QED) is 0.0460. The van der Waals surface area contributed by atoms with E-state index in [9.17, 15) is 29.3 Å². The molecule has 0 radical (unpaired) electrons. The number of rotatable bonds is 27. The Morgan fingerprint density at radius 1 is 1.04 bits per heavy atom. The third-order valence-corrected chi connectivity index (χ3v) is 11.0.